The fraction of sp³-hybridized carbons (Fsp3) is 0.333. The molecular weight excluding hydrogens is 374 g/mol. The number of aromatic nitrogens is 2. The van der Waals surface area contributed by atoms with Crippen LogP contribution in [0.25, 0.3) is 10.2 Å². The fourth-order valence-corrected chi connectivity index (χ4v) is 4.02. The van der Waals surface area contributed by atoms with E-state index in [1.54, 1.807) is 26.4 Å². The third-order valence-electron chi connectivity index (χ3n) is 4.31. The quantitative estimate of drug-likeness (QED) is 0.669. The molecule has 0 aliphatic rings. The summed E-state index contributed by atoms with van der Waals surface area (Å²) < 4.78 is 10.6. The number of aryl methyl sites for hydroxylation is 2. The average Bonchev–Trinajstić information content (AvgIpc) is 2.90. The molecule has 0 saturated carbocycles. The molecule has 2 heterocycles. The second-order valence-electron chi connectivity index (χ2n) is 5.97. The summed E-state index contributed by atoms with van der Waals surface area (Å²) in [5, 5.41) is 4.42. The van der Waals surface area contributed by atoms with E-state index in [0.717, 1.165) is 15.3 Å². The van der Waals surface area contributed by atoms with E-state index in [4.69, 9.17) is 21.1 Å². The van der Waals surface area contributed by atoms with Gasteiger partial charge < -0.3 is 19.8 Å². The first kappa shape index (κ1) is 18.5. The summed E-state index contributed by atoms with van der Waals surface area (Å²) in [5.74, 6) is 1.66. The molecule has 138 valence electrons. The minimum atomic E-state index is -0.255. The Bertz CT molecular complexity index is 1030. The van der Waals surface area contributed by atoms with Gasteiger partial charge in [0.25, 0.3) is 5.56 Å². The third-order valence-corrected chi connectivity index (χ3v) is 5.71. The topological polar surface area (TPSA) is 76.2 Å². The Morgan fingerprint density at radius 2 is 1.92 bits per heavy atom. The molecule has 0 amide bonds. The van der Waals surface area contributed by atoms with Gasteiger partial charge in [-0.25, -0.2) is 4.98 Å². The van der Waals surface area contributed by atoms with Crippen LogP contribution in [0.2, 0.25) is 5.02 Å². The lowest BCUT2D eigenvalue weighted by molar-refractivity contribution is 0.404. The number of hydrogen-bond acceptors (Lipinski definition) is 6. The van der Waals surface area contributed by atoms with Gasteiger partial charge >= 0.3 is 0 Å². The number of aromatic amines is 1. The molecule has 0 radical (unpaired) electrons. The van der Waals surface area contributed by atoms with E-state index in [2.05, 4.69) is 15.3 Å². The number of benzene rings is 1. The van der Waals surface area contributed by atoms with Crippen LogP contribution in [0, 0.1) is 13.8 Å². The summed E-state index contributed by atoms with van der Waals surface area (Å²) in [6.45, 7) is 5.85. The number of hydrogen-bond donors (Lipinski definition) is 2. The molecule has 0 fully saturated rings. The smallest absolute Gasteiger partial charge is 0.259 e. The van der Waals surface area contributed by atoms with Crippen LogP contribution in [-0.2, 0) is 0 Å². The summed E-state index contributed by atoms with van der Waals surface area (Å²) in [6.07, 6.45) is 0. The molecule has 0 saturated heterocycles. The molecule has 6 nitrogen and oxygen atoms in total. The lowest BCUT2D eigenvalue weighted by Crippen LogP contribution is -2.17. The summed E-state index contributed by atoms with van der Waals surface area (Å²) in [4.78, 5) is 21.8. The van der Waals surface area contributed by atoms with E-state index >= 15 is 0 Å². The first-order valence-electron chi connectivity index (χ1n) is 8.03. The predicted octanol–water partition coefficient (Wildman–Crippen LogP) is 4.45. The molecule has 0 aliphatic carbocycles. The van der Waals surface area contributed by atoms with Gasteiger partial charge in [0, 0.05) is 17.0 Å². The molecular formula is C18H20ClN3O3S. The molecule has 26 heavy (non-hydrogen) atoms. The van der Waals surface area contributed by atoms with Crippen LogP contribution in [-0.4, -0.2) is 24.2 Å². The molecule has 2 aromatic heterocycles. The minimum Gasteiger partial charge on any atom is -0.495 e. The van der Waals surface area contributed by atoms with Crippen LogP contribution in [0.4, 0.5) is 5.69 Å². The van der Waals surface area contributed by atoms with Crippen LogP contribution in [0.1, 0.15) is 29.2 Å². The van der Waals surface area contributed by atoms with E-state index in [-0.39, 0.29) is 11.6 Å². The lowest BCUT2D eigenvalue weighted by atomic mass is 10.2. The second-order valence-corrected chi connectivity index (χ2v) is 7.58. The largest absolute Gasteiger partial charge is 0.495 e. The Morgan fingerprint density at radius 1 is 1.23 bits per heavy atom. The van der Waals surface area contributed by atoms with Crippen molar-refractivity contribution in [3.63, 3.8) is 0 Å². The van der Waals surface area contributed by atoms with E-state index in [9.17, 15) is 4.79 Å². The van der Waals surface area contributed by atoms with Gasteiger partial charge in [0.15, 0.2) is 0 Å². The number of thiophene rings is 1. The highest BCUT2D eigenvalue weighted by Gasteiger charge is 2.17. The number of halogens is 1. The zero-order valence-corrected chi connectivity index (χ0v) is 16.8. The van der Waals surface area contributed by atoms with Gasteiger partial charge in [-0.3, -0.25) is 4.79 Å². The molecule has 0 unspecified atom stereocenters. The molecule has 0 bridgehead atoms. The minimum absolute atomic E-state index is 0.124. The van der Waals surface area contributed by atoms with Gasteiger partial charge in [0.1, 0.15) is 22.2 Å². The monoisotopic (exact) mass is 393 g/mol. The van der Waals surface area contributed by atoms with Crippen molar-refractivity contribution in [2.24, 2.45) is 0 Å². The lowest BCUT2D eigenvalue weighted by Gasteiger charge is -2.18. The van der Waals surface area contributed by atoms with Crippen molar-refractivity contribution in [2.45, 2.75) is 26.8 Å². The summed E-state index contributed by atoms with van der Waals surface area (Å²) in [7, 11) is 3.12. The number of methoxy groups -OCH3 is 2. The highest BCUT2D eigenvalue weighted by Crippen LogP contribution is 2.37. The Kier molecular flexibility index (Phi) is 5.11. The SMILES string of the molecule is COc1cc(N[C@@H](C)c2nc3sc(C)c(C)c3c(=O)[nH]2)c(OC)cc1Cl. The number of anilines is 1. The number of rotatable bonds is 5. The first-order chi connectivity index (χ1) is 12.3. The van der Waals surface area contributed by atoms with Gasteiger partial charge in [0.05, 0.1) is 36.4 Å². The maximum Gasteiger partial charge on any atom is 0.259 e. The van der Waals surface area contributed by atoms with Crippen molar-refractivity contribution in [3.8, 4) is 11.5 Å². The number of fused-ring (bicyclic) bond motifs is 1. The normalized spacial score (nSPS) is 12.2. The Morgan fingerprint density at radius 3 is 2.58 bits per heavy atom. The van der Waals surface area contributed by atoms with E-state index < -0.39 is 0 Å². The predicted molar refractivity (Wildman–Crippen MR) is 106 cm³/mol. The molecule has 8 heteroatoms. The van der Waals surface area contributed by atoms with E-state index in [0.29, 0.717) is 33.4 Å². The Hall–Kier alpha value is -2.25. The van der Waals surface area contributed by atoms with Crippen LogP contribution < -0.4 is 20.3 Å². The van der Waals surface area contributed by atoms with Gasteiger partial charge in [-0.1, -0.05) is 11.6 Å². The number of nitrogens with zero attached hydrogens (tertiary/aromatic N) is 1. The summed E-state index contributed by atoms with van der Waals surface area (Å²) in [5.41, 5.74) is 1.55. The molecule has 0 spiro atoms. The van der Waals surface area contributed by atoms with Crippen LogP contribution in [0.15, 0.2) is 16.9 Å². The number of nitrogens with one attached hydrogen (secondary N) is 2. The molecule has 1 atom stereocenters. The maximum absolute atomic E-state index is 12.5. The summed E-state index contributed by atoms with van der Waals surface area (Å²) in [6, 6.07) is 3.18. The van der Waals surface area contributed by atoms with Crippen molar-refractivity contribution in [2.75, 3.05) is 19.5 Å². The molecule has 1 aromatic carbocycles. The van der Waals surface area contributed by atoms with Gasteiger partial charge in [-0.2, -0.15) is 0 Å². The second kappa shape index (κ2) is 7.17. The number of H-pyrrole nitrogens is 1. The van der Waals surface area contributed by atoms with Crippen molar-refractivity contribution in [1.29, 1.82) is 0 Å². The molecule has 3 rings (SSSR count). The van der Waals surface area contributed by atoms with Gasteiger partial charge in [0.2, 0.25) is 0 Å². The highest BCUT2D eigenvalue weighted by molar-refractivity contribution is 7.18. The Balaban J connectivity index is 1.99. The maximum atomic E-state index is 12.5. The molecule has 3 aromatic rings. The van der Waals surface area contributed by atoms with Crippen molar-refractivity contribution >= 4 is 38.8 Å². The highest BCUT2D eigenvalue weighted by atomic mass is 35.5. The number of ether oxygens (including phenoxy) is 2. The van der Waals surface area contributed by atoms with Gasteiger partial charge in [-0.05, 0) is 26.3 Å². The zero-order chi connectivity index (χ0) is 19.0. The molecule has 2 N–H and O–H groups in total. The fourth-order valence-electron chi connectivity index (χ4n) is 2.75. The summed E-state index contributed by atoms with van der Waals surface area (Å²) >= 11 is 7.67. The third kappa shape index (κ3) is 3.24. The van der Waals surface area contributed by atoms with Gasteiger partial charge in [-0.15, -0.1) is 11.3 Å². The average molecular weight is 394 g/mol. The Labute approximate surface area is 160 Å². The van der Waals surface area contributed by atoms with Crippen molar-refractivity contribution in [3.05, 3.63) is 43.8 Å². The van der Waals surface area contributed by atoms with Crippen LogP contribution in [0.5, 0.6) is 11.5 Å². The van der Waals surface area contributed by atoms with Crippen LogP contribution >= 0.6 is 22.9 Å². The first-order valence-corrected chi connectivity index (χ1v) is 9.23. The van der Waals surface area contributed by atoms with E-state index in [1.807, 2.05) is 20.8 Å². The standard InChI is InChI=1S/C18H20ClN3O3S/c1-8-10(3)26-18-15(8)17(23)21-16(22-18)9(2)20-12-7-13(24-4)11(19)6-14(12)25-5/h6-7,9,20H,1-5H3,(H,21,22,23)/t9-/m0/s1. The van der Waals surface area contributed by atoms with Crippen LogP contribution in [0.3, 0.4) is 0 Å². The van der Waals surface area contributed by atoms with E-state index in [1.165, 1.54) is 11.3 Å². The zero-order valence-electron chi connectivity index (χ0n) is 15.2. The van der Waals surface area contributed by atoms with Crippen molar-refractivity contribution < 1.29 is 9.47 Å². The molecule has 0 aliphatic heterocycles. The van der Waals surface area contributed by atoms with Crippen molar-refractivity contribution in [1.82, 2.24) is 9.97 Å².